The molecule has 1 amide bonds. The maximum atomic E-state index is 12.2. The molecule has 0 aliphatic carbocycles. The van der Waals surface area contributed by atoms with Crippen LogP contribution in [0.4, 0.5) is 5.69 Å². The maximum absolute atomic E-state index is 12.2. The number of halogens is 2. The first-order valence-corrected chi connectivity index (χ1v) is 9.26. The Morgan fingerprint density at radius 2 is 2.10 bits per heavy atom. The van der Waals surface area contributed by atoms with Crippen LogP contribution in [0.2, 0.25) is 5.02 Å². The van der Waals surface area contributed by atoms with E-state index < -0.39 is 23.4 Å². The lowest BCUT2D eigenvalue weighted by atomic mass is 10.2. The number of carboxylic acids is 1. The van der Waals surface area contributed by atoms with Crippen molar-refractivity contribution in [1.29, 1.82) is 0 Å². The summed E-state index contributed by atoms with van der Waals surface area (Å²) in [6.45, 7) is -0.553. The highest BCUT2D eigenvalue weighted by molar-refractivity contribution is 9.10. The highest BCUT2D eigenvalue weighted by atomic mass is 79.9. The van der Waals surface area contributed by atoms with Crippen molar-refractivity contribution >= 4 is 62.3 Å². The standard InChI is InChI=1S/C18H11BrClN3O7/c19-12-3-9(4-13(20)17(12)29-8-16(24)25)7-21-22-18(26)15-6-10-5-11(23(27)28)1-2-14(10)30-15/h1-7H,8H2,(H,22,26)(H,24,25)/b21-7+. The van der Waals surface area contributed by atoms with Crippen molar-refractivity contribution in [2.24, 2.45) is 5.10 Å². The van der Waals surface area contributed by atoms with Crippen LogP contribution < -0.4 is 10.2 Å². The van der Waals surface area contributed by atoms with Crippen LogP contribution in [0, 0.1) is 10.1 Å². The van der Waals surface area contributed by atoms with Gasteiger partial charge in [-0.2, -0.15) is 5.10 Å². The van der Waals surface area contributed by atoms with Crippen molar-refractivity contribution in [3.8, 4) is 5.75 Å². The predicted octanol–water partition coefficient (Wildman–Crippen LogP) is 3.98. The molecular weight excluding hydrogens is 486 g/mol. The van der Waals surface area contributed by atoms with Crippen molar-refractivity contribution in [2.75, 3.05) is 6.61 Å². The Balaban J connectivity index is 1.70. The summed E-state index contributed by atoms with van der Waals surface area (Å²) in [5, 5.41) is 23.9. The summed E-state index contributed by atoms with van der Waals surface area (Å²) in [6.07, 6.45) is 1.31. The number of ether oxygens (including phenoxy) is 1. The normalized spacial score (nSPS) is 11.0. The number of carboxylic acid groups (broad SMARTS) is 1. The maximum Gasteiger partial charge on any atom is 0.341 e. The number of benzene rings is 2. The number of hydrazone groups is 1. The molecule has 0 saturated carbocycles. The van der Waals surface area contributed by atoms with Crippen LogP contribution in [-0.2, 0) is 4.79 Å². The van der Waals surface area contributed by atoms with E-state index in [2.05, 4.69) is 26.5 Å². The van der Waals surface area contributed by atoms with Crippen molar-refractivity contribution in [3.05, 3.63) is 67.3 Å². The smallest absolute Gasteiger partial charge is 0.341 e. The molecule has 0 aliphatic heterocycles. The van der Waals surface area contributed by atoms with E-state index >= 15 is 0 Å². The van der Waals surface area contributed by atoms with Crippen molar-refractivity contribution in [3.63, 3.8) is 0 Å². The number of carbonyl (C=O) groups is 2. The second-order valence-electron chi connectivity index (χ2n) is 5.79. The number of carbonyl (C=O) groups excluding carboxylic acids is 1. The van der Waals surface area contributed by atoms with Crippen LogP contribution in [0.3, 0.4) is 0 Å². The van der Waals surface area contributed by atoms with Gasteiger partial charge in [0.2, 0.25) is 0 Å². The minimum Gasteiger partial charge on any atom is -0.479 e. The van der Waals surface area contributed by atoms with Gasteiger partial charge in [0.15, 0.2) is 18.1 Å². The van der Waals surface area contributed by atoms with Gasteiger partial charge in [0.1, 0.15) is 5.58 Å². The Morgan fingerprint density at radius 1 is 1.33 bits per heavy atom. The Kier molecular flexibility index (Phi) is 6.33. The van der Waals surface area contributed by atoms with Crippen LogP contribution in [0.15, 0.2) is 50.4 Å². The topological polar surface area (TPSA) is 144 Å². The molecule has 0 aliphatic rings. The third-order valence-electron chi connectivity index (χ3n) is 3.67. The van der Waals surface area contributed by atoms with Gasteiger partial charge in [0.05, 0.1) is 20.6 Å². The number of nitrogens with zero attached hydrogens (tertiary/aromatic N) is 2. The van der Waals surface area contributed by atoms with Gasteiger partial charge in [-0.05, 0) is 45.8 Å². The first kappa shape index (κ1) is 21.3. The molecule has 3 aromatic rings. The number of aliphatic carboxylic acids is 1. The number of furan rings is 1. The minimum absolute atomic E-state index is 0.0701. The highest BCUT2D eigenvalue weighted by Crippen LogP contribution is 2.34. The average Bonchev–Trinajstić information content (AvgIpc) is 3.10. The molecule has 0 unspecified atom stereocenters. The molecule has 12 heteroatoms. The lowest BCUT2D eigenvalue weighted by molar-refractivity contribution is -0.384. The number of hydrogen-bond acceptors (Lipinski definition) is 7. The fraction of sp³-hybridized carbons (Fsp3) is 0.0556. The van der Waals surface area contributed by atoms with Gasteiger partial charge < -0.3 is 14.3 Å². The number of amides is 1. The third-order valence-corrected chi connectivity index (χ3v) is 4.54. The van der Waals surface area contributed by atoms with Gasteiger partial charge in [-0.25, -0.2) is 10.2 Å². The number of nitrogens with one attached hydrogen (secondary N) is 1. The van der Waals surface area contributed by atoms with Crippen LogP contribution >= 0.6 is 27.5 Å². The molecule has 1 aromatic heterocycles. The highest BCUT2D eigenvalue weighted by Gasteiger charge is 2.15. The summed E-state index contributed by atoms with van der Waals surface area (Å²) in [5.74, 6) is -1.71. The van der Waals surface area contributed by atoms with Gasteiger partial charge in [0.25, 0.3) is 5.69 Å². The number of non-ortho nitro benzene ring substituents is 1. The van der Waals surface area contributed by atoms with E-state index in [9.17, 15) is 19.7 Å². The van der Waals surface area contributed by atoms with Gasteiger partial charge >= 0.3 is 11.9 Å². The summed E-state index contributed by atoms with van der Waals surface area (Å²) in [6, 6.07) is 8.39. The molecule has 10 nitrogen and oxygen atoms in total. The summed E-state index contributed by atoms with van der Waals surface area (Å²) < 4.78 is 10.9. The second kappa shape index (κ2) is 8.93. The van der Waals surface area contributed by atoms with Gasteiger partial charge in [-0.15, -0.1) is 0 Å². The van der Waals surface area contributed by atoms with E-state index in [0.717, 1.165) is 0 Å². The summed E-state index contributed by atoms with van der Waals surface area (Å²) >= 11 is 9.30. The number of fused-ring (bicyclic) bond motifs is 1. The van der Waals surface area contributed by atoms with E-state index in [0.29, 0.717) is 21.0 Å². The molecule has 154 valence electrons. The van der Waals surface area contributed by atoms with E-state index in [1.807, 2.05) is 0 Å². The Bertz CT molecular complexity index is 1170. The van der Waals surface area contributed by atoms with Gasteiger partial charge in [0, 0.05) is 17.5 Å². The molecule has 0 saturated heterocycles. The molecule has 0 fully saturated rings. The summed E-state index contributed by atoms with van der Waals surface area (Å²) in [5.41, 5.74) is 2.97. The van der Waals surface area contributed by atoms with E-state index in [4.69, 9.17) is 25.9 Å². The van der Waals surface area contributed by atoms with Gasteiger partial charge in [-0.3, -0.25) is 14.9 Å². The fourth-order valence-electron chi connectivity index (χ4n) is 2.40. The largest absolute Gasteiger partial charge is 0.479 e. The Hall–Kier alpha value is -3.44. The molecule has 0 radical (unpaired) electrons. The predicted molar refractivity (Wildman–Crippen MR) is 110 cm³/mol. The van der Waals surface area contributed by atoms with Crippen LogP contribution in [0.25, 0.3) is 11.0 Å². The first-order valence-electron chi connectivity index (χ1n) is 8.09. The molecule has 2 aromatic carbocycles. The zero-order valence-corrected chi connectivity index (χ0v) is 17.1. The van der Waals surface area contributed by atoms with Gasteiger partial charge in [-0.1, -0.05) is 11.6 Å². The molecule has 0 spiro atoms. The second-order valence-corrected chi connectivity index (χ2v) is 7.05. The van der Waals surface area contributed by atoms with E-state index in [1.165, 1.54) is 36.5 Å². The molecule has 1 heterocycles. The summed E-state index contributed by atoms with van der Waals surface area (Å²) in [7, 11) is 0. The van der Waals surface area contributed by atoms with Crippen LogP contribution in [0.1, 0.15) is 16.1 Å². The number of nitro groups is 1. The summed E-state index contributed by atoms with van der Waals surface area (Å²) in [4.78, 5) is 33.1. The van der Waals surface area contributed by atoms with E-state index in [-0.39, 0.29) is 22.2 Å². The number of hydrogen-bond donors (Lipinski definition) is 2. The molecular formula is C18H11BrClN3O7. The van der Waals surface area contributed by atoms with Crippen LogP contribution in [-0.4, -0.2) is 34.7 Å². The van der Waals surface area contributed by atoms with Crippen molar-refractivity contribution in [2.45, 2.75) is 0 Å². The molecule has 30 heavy (non-hydrogen) atoms. The monoisotopic (exact) mass is 495 g/mol. The molecule has 0 bridgehead atoms. The van der Waals surface area contributed by atoms with Crippen molar-refractivity contribution < 1.29 is 28.8 Å². The van der Waals surface area contributed by atoms with E-state index in [1.54, 1.807) is 6.07 Å². The number of nitro benzene ring substituents is 1. The Labute approximate surface area is 181 Å². The molecule has 2 N–H and O–H groups in total. The van der Waals surface area contributed by atoms with Crippen LogP contribution in [0.5, 0.6) is 5.75 Å². The first-order chi connectivity index (χ1) is 14.2. The molecule has 0 atom stereocenters. The minimum atomic E-state index is -1.15. The fourth-order valence-corrected chi connectivity index (χ4v) is 3.39. The molecule has 3 rings (SSSR count). The Morgan fingerprint density at radius 3 is 2.77 bits per heavy atom. The third kappa shape index (κ3) is 4.93. The average molecular weight is 497 g/mol. The number of rotatable bonds is 7. The lowest BCUT2D eigenvalue weighted by Gasteiger charge is -2.08. The SMILES string of the molecule is O=C(O)COc1c(Cl)cc(/C=N/NC(=O)c2cc3cc([N+](=O)[O-])ccc3o2)cc1Br. The lowest BCUT2D eigenvalue weighted by Crippen LogP contribution is -2.16. The van der Waals surface area contributed by atoms with Crippen molar-refractivity contribution in [1.82, 2.24) is 5.43 Å². The zero-order chi connectivity index (χ0) is 21.8. The zero-order valence-electron chi connectivity index (χ0n) is 14.8. The quantitative estimate of drug-likeness (QED) is 0.286.